The lowest BCUT2D eigenvalue weighted by atomic mass is 10.0. The van der Waals surface area contributed by atoms with Crippen LogP contribution >= 0.6 is 0 Å². The molecular weight excluding hydrogens is 354 g/mol. The number of nitrogens with zero attached hydrogens (tertiary/aromatic N) is 4. The molecule has 28 heavy (non-hydrogen) atoms. The second-order valence-corrected chi connectivity index (χ2v) is 7.21. The Kier molecular flexibility index (Phi) is 5.67. The molecule has 1 amide bonds. The van der Waals surface area contributed by atoms with Gasteiger partial charge in [-0.2, -0.15) is 0 Å². The topological polar surface area (TPSA) is 113 Å². The molecule has 8 nitrogen and oxygen atoms in total. The van der Waals surface area contributed by atoms with Gasteiger partial charge in [0.25, 0.3) is 0 Å². The smallest absolute Gasteiger partial charge is 0.241 e. The van der Waals surface area contributed by atoms with E-state index in [9.17, 15) is 4.79 Å². The highest BCUT2D eigenvalue weighted by atomic mass is 16.2. The fourth-order valence-corrected chi connectivity index (χ4v) is 2.99. The van der Waals surface area contributed by atoms with Gasteiger partial charge in [0.05, 0.1) is 29.5 Å². The van der Waals surface area contributed by atoms with Gasteiger partial charge < -0.3 is 26.6 Å². The number of anilines is 2. The molecular formula is C20H27N7O. The molecule has 1 aliphatic rings. The molecule has 0 spiro atoms. The minimum absolute atomic E-state index is 0.0987. The van der Waals surface area contributed by atoms with Crippen LogP contribution in [-0.4, -0.2) is 47.5 Å². The van der Waals surface area contributed by atoms with E-state index in [1.807, 2.05) is 44.0 Å². The molecule has 8 heteroatoms. The van der Waals surface area contributed by atoms with Crippen molar-refractivity contribution in [3.05, 3.63) is 48.1 Å². The maximum absolute atomic E-state index is 12.0. The monoisotopic (exact) mass is 381 g/mol. The minimum atomic E-state index is 0.0987. The lowest BCUT2D eigenvalue weighted by Crippen LogP contribution is -2.48. The van der Waals surface area contributed by atoms with E-state index < -0.39 is 0 Å². The molecule has 148 valence electrons. The second kappa shape index (κ2) is 8.16. The average molecular weight is 381 g/mol. The van der Waals surface area contributed by atoms with Crippen LogP contribution in [0.5, 0.6) is 0 Å². The number of nitrogens with two attached hydrogens (primary N) is 2. The van der Waals surface area contributed by atoms with Gasteiger partial charge in [0.2, 0.25) is 5.91 Å². The number of aromatic nitrogens is 2. The molecule has 1 aliphatic heterocycles. The molecule has 0 bridgehead atoms. The van der Waals surface area contributed by atoms with Crippen molar-refractivity contribution in [1.82, 2.24) is 14.9 Å². The van der Waals surface area contributed by atoms with Crippen LogP contribution in [0, 0.1) is 5.92 Å². The minimum Gasteiger partial charge on any atom is -0.404 e. The van der Waals surface area contributed by atoms with E-state index in [0.717, 1.165) is 28.8 Å². The Hall–Kier alpha value is -3.29. The Balaban J connectivity index is 1.82. The van der Waals surface area contributed by atoms with Crippen LogP contribution in [0.3, 0.4) is 0 Å². The number of amides is 1. The first-order valence-electron chi connectivity index (χ1n) is 9.29. The van der Waals surface area contributed by atoms with E-state index in [1.165, 1.54) is 0 Å². The summed E-state index contributed by atoms with van der Waals surface area (Å²) >= 11 is 0. The normalized spacial score (nSPS) is 16.2. The molecule has 3 heterocycles. The van der Waals surface area contributed by atoms with Crippen molar-refractivity contribution in [2.45, 2.75) is 13.8 Å². The van der Waals surface area contributed by atoms with Crippen LogP contribution in [0.15, 0.2) is 48.1 Å². The predicted molar refractivity (Wildman–Crippen MR) is 112 cm³/mol. The molecule has 3 rings (SSSR count). The Bertz CT molecular complexity index is 935. The third-order valence-corrected chi connectivity index (χ3v) is 4.80. The zero-order valence-electron chi connectivity index (χ0n) is 16.5. The molecule has 2 aromatic heterocycles. The van der Waals surface area contributed by atoms with Gasteiger partial charge in [-0.1, -0.05) is 13.8 Å². The first-order chi connectivity index (χ1) is 13.4. The standard InChI is InChI=1S/C20H27N7O/c1-13(2)14(10-21)8-18(22)25-19-5-4-16-17(24-19)9-15(11-23-16)27-7-6-26(3)20(28)12-27/h4-5,8-11,13H,6-7,12,21-22H2,1-3H3,(H,24,25)/b14-10+,18-8+. The number of allylic oxidation sites excluding steroid dienone is 2. The van der Waals surface area contributed by atoms with Gasteiger partial charge in [-0.15, -0.1) is 0 Å². The molecule has 0 unspecified atom stereocenters. The van der Waals surface area contributed by atoms with Gasteiger partial charge in [-0.3, -0.25) is 9.78 Å². The highest BCUT2D eigenvalue weighted by molar-refractivity contribution is 5.84. The lowest BCUT2D eigenvalue weighted by molar-refractivity contribution is -0.129. The number of carbonyl (C=O) groups excluding carboxylic acids is 1. The largest absolute Gasteiger partial charge is 0.404 e. The van der Waals surface area contributed by atoms with Crippen molar-refractivity contribution < 1.29 is 4.79 Å². The van der Waals surface area contributed by atoms with Gasteiger partial charge in [-0.05, 0) is 42.0 Å². The van der Waals surface area contributed by atoms with E-state index in [1.54, 1.807) is 23.4 Å². The average Bonchev–Trinajstić information content (AvgIpc) is 2.67. The number of carbonyl (C=O) groups is 1. The van der Waals surface area contributed by atoms with Crippen LogP contribution in [0.25, 0.3) is 11.0 Å². The summed E-state index contributed by atoms with van der Waals surface area (Å²) in [6, 6.07) is 5.67. The third-order valence-electron chi connectivity index (χ3n) is 4.80. The summed E-state index contributed by atoms with van der Waals surface area (Å²) in [4.78, 5) is 24.8. The van der Waals surface area contributed by atoms with Crippen LogP contribution in [-0.2, 0) is 4.79 Å². The SMILES string of the molecule is CC(C)C(=C/N)/C=C(\N)Nc1ccc2ncc(N3CCN(C)C(=O)C3)cc2n1. The quantitative estimate of drug-likeness (QED) is 0.674. The Morgan fingerprint density at radius 2 is 2.07 bits per heavy atom. The first kappa shape index (κ1) is 19.5. The zero-order valence-corrected chi connectivity index (χ0v) is 16.5. The molecule has 0 aromatic carbocycles. The molecule has 1 saturated heterocycles. The number of likely N-dealkylation sites (N-methyl/N-ethyl adjacent to an activating group) is 1. The van der Waals surface area contributed by atoms with E-state index in [4.69, 9.17) is 11.5 Å². The Labute approximate surface area is 164 Å². The van der Waals surface area contributed by atoms with E-state index in [2.05, 4.69) is 15.3 Å². The van der Waals surface area contributed by atoms with Crippen molar-refractivity contribution in [3.8, 4) is 0 Å². The maximum Gasteiger partial charge on any atom is 0.241 e. The molecule has 0 radical (unpaired) electrons. The van der Waals surface area contributed by atoms with E-state index >= 15 is 0 Å². The number of piperazine rings is 1. The number of hydrogen-bond acceptors (Lipinski definition) is 7. The number of hydrogen-bond donors (Lipinski definition) is 3. The number of rotatable bonds is 5. The van der Waals surface area contributed by atoms with E-state index in [-0.39, 0.29) is 11.8 Å². The van der Waals surface area contributed by atoms with Gasteiger partial charge in [0, 0.05) is 20.1 Å². The zero-order chi connectivity index (χ0) is 20.3. The molecule has 0 saturated carbocycles. The third kappa shape index (κ3) is 4.33. The van der Waals surface area contributed by atoms with Crippen molar-refractivity contribution in [2.75, 3.05) is 36.9 Å². The van der Waals surface area contributed by atoms with Gasteiger partial charge in [0.15, 0.2) is 0 Å². The van der Waals surface area contributed by atoms with E-state index in [0.29, 0.717) is 24.7 Å². The van der Waals surface area contributed by atoms with Crippen LogP contribution in [0.2, 0.25) is 0 Å². The van der Waals surface area contributed by atoms with Crippen molar-refractivity contribution in [2.24, 2.45) is 17.4 Å². The Morgan fingerprint density at radius 1 is 1.29 bits per heavy atom. The second-order valence-electron chi connectivity index (χ2n) is 7.21. The summed E-state index contributed by atoms with van der Waals surface area (Å²) in [5, 5.41) is 3.09. The molecule has 0 atom stereocenters. The van der Waals surface area contributed by atoms with Crippen LogP contribution < -0.4 is 21.7 Å². The summed E-state index contributed by atoms with van der Waals surface area (Å²) in [7, 11) is 1.82. The summed E-state index contributed by atoms with van der Waals surface area (Å²) in [6.07, 6.45) is 5.15. The number of pyridine rings is 2. The Morgan fingerprint density at radius 3 is 2.75 bits per heavy atom. The van der Waals surface area contributed by atoms with Crippen molar-refractivity contribution >= 4 is 28.4 Å². The van der Waals surface area contributed by atoms with Gasteiger partial charge in [-0.25, -0.2) is 4.98 Å². The fraction of sp³-hybridized carbons (Fsp3) is 0.350. The predicted octanol–water partition coefficient (Wildman–Crippen LogP) is 1.62. The lowest BCUT2D eigenvalue weighted by Gasteiger charge is -2.33. The van der Waals surface area contributed by atoms with Crippen LogP contribution in [0.1, 0.15) is 13.8 Å². The number of nitrogens with one attached hydrogen (secondary N) is 1. The number of fused-ring (bicyclic) bond motifs is 1. The maximum atomic E-state index is 12.0. The summed E-state index contributed by atoms with van der Waals surface area (Å²) in [6.45, 7) is 5.91. The highest BCUT2D eigenvalue weighted by Gasteiger charge is 2.21. The summed E-state index contributed by atoms with van der Waals surface area (Å²) in [5.74, 6) is 1.45. The van der Waals surface area contributed by atoms with Crippen molar-refractivity contribution in [3.63, 3.8) is 0 Å². The molecule has 2 aromatic rings. The summed E-state index contributed by atoms with van der Waals surface area (Å²) < 4.78 is 0. The molecule has 0 aliphatic carbocycles. The van der Waals surface area contributed by atoms with Crippen LogP contribution in [0.4, 0.5) is 11.5 Å². The molecule has 1 fully saturated rings. The summed E-state index contributed by atoms with van der Waals surface area (Å²) in [5.41, 5.74) is 15.1. The fourth-order valence-electron chi connectivity index (χ4n) is 2.99. The van der Waals surface area contributed by atoms with Crippen molar-refractivity contribution in [1.29, 1.82) is 0 Å². The highest BCUT2D eigenvalue weighted by Crippen LogP contribution is 2.22. The van der Waals surface area contributed by atoms with Gasteiger partial charge in [0.1, 0.15) is 11.6 Å². The first-order valence-corrected chi connectivity index (χ1v) is 9.29. The molecule has 5 N–H and O–H groups in total. The van der Waals surface area contributed by atoms with Gasteiger partial charge >= 0.3 is 0 Å².